The molecule has 1 aromatic carbocycles. The number of benzene rings is 1. The number of aliphatic carboxylic acids is 1. The van der Waals surface area contributed by atoms with Crippen molar-refractivity contribution >= 4 is 5.97 Å². The highest BCUT2D eigenvalue weighted by atomic mass is 16.5. The van der Waals surface area contributed by atoms with Gasteiger partial charge in [0.1, 0.15) is 0 Å². The standard InChI is InChI=1S/C31H51NO3/c1-4-5-6-7-8-9-10-11-12-13-14-15-16-17-18-22-27-35-31(30(33)34,28-32(2)3)26-25-29-23-20-19-21-24-29/h8-9,11-12,19-21,23-24H,4-7,10,13-18,22,25-28H2,1-3H3,(H,33,34)/b9-8-,12-11-. The van der Waals surface area contributed by atoms with Crippen molar-refractivity contribution in [1.29, 1.82) is 0 Å². The van der Waals surface area contributed by atoms with Crippen molar-refractivity contribution < 1.29 is 14.6 Å². The number of likely N-dealkylation sites (N-methyl/N-ethyl adjacent to an activating group) is 1. The van der Waals surface area contributed by atoms with Crippen molar-refractivity contribution in [3.63, 3.8) is 0 Å². The quantitative estimate of drug-likeness (QED) is 0.134. The predicted molar refractivity (Wildman–Crippen MR) is 149 cm³/mol. The highest BCUT2D eigenvalue weighted by Crippen LogP contribution is 2.22. The fourth-order valence-corrected chi connectivity index (χ4v) is 4.29. The molecule has 0 aromatic heterocycles. The first-order valence-electron chi connectivity index (χ1n) is 13.9. The monoisotopic (exact) mass is 485 g/mol. The molecule has 0 amide bonds. The molecule has 0 heterocycles. The van der Waals surface area contributed by atoms with Gasteiger partial charge in [-0.2, -0.15) is 0 Å². The van der Waals surface area contributed by atoms with Crippen LogP contribution in [0.2, 0.25) is 0 Å². The number of unbranched alkanes of at least 4 members (excludes halogenated alkanes) is 9. The van der Waals surface area contributed by atoms with Crippen LogP contribution in [0.25, 0.3) is 0 Å². The van der Waals surface area contributed by atoms with Crippen LogP contribution in [-0.2, 0) is 16.0 Å². The zero-order chi connectivity index (χ0) is 25.6. The predicted octanol–water partition coefficient (Wildman–Crippen LogP) is 7.83. The van der Waals surface area contributed by atoms with Crippen LogP contribution in [-0.4, -0.2) is 48.8 Å². The molecule has 198 valence electrons. The summed E-state index contributed by atoms with van der Waals surface area (Å²) < 4.78 is 6.09. The second kappa shape index (κ2) is 20.3. The number of allylic oxidation sites excluding steroid dienone is 4. The van der Waals surface area contributed by atoms with Gasteiger partial charge in [0.05, 0.1) is 0 Å². The van der Waals surface area contributed by atoms with E-state index in [1.807, 2.05) is 49.3 Å². The molecule has 35 heavy (non-hydrogen) atoms. The van der Waals surface area contributed by atoms with E-state index in [0.717, 1.165) is 24.8 Å². The molecule has 0 radical (unpaired) electrons. The molecule has 1 atom stereocenters. The van der Waals surface area contributed by atoms with Crippen LogP contribution in [0.5, 0.6) is 0 Å². The van der Waals surface area contributed by atoms with Crippen LogP contribution in [0.15, 0.2) is 54.6 Å². The number of nitrogens with zero attached hydrogens (tertiary/aromatic N) is 1. The lowest BCUT2D eigenvalue weighted by molar-refractivity contribution is -0.169. The van der Waals surface area contributed by atoms with Crippen molar-refractivity contribution in [2.75, 3.05) is 27.2 Å². The molecule has 0 saturated carbocycles. The van der Waals surface area contributed by atoms with Crippen LogP contribution in [0.3, 0.4) is 0 Å². The minimum Gasteiger partial charge on any atom is -0.479 e. The van der Waals surface area contributed by atoms with E-state index >= 15 is 0 Å². The van der Waals surface area contributed by atoms with E-state index in [4.69, 9.17) is 4.74 Å². The van der Waals surface area contributed by atoms with Gasteiger partial charge in [0.15, 0.2) is 5.60 Å². The maximum atomic E-state index is 12.2. The summed E-state index contributed by atoms with van der Waals surface area (Å²) in [5.74, 6) is -0.859. The van der Waals surface area contributed by atoms with Crippen LogP contribution in [0, 0.1) is 0 Å². The summed E-state index contributed by atoms with van der Waals surface area (Å²) in [6.07, 6.45) is 24.7. The van der Waals surface area contributed by atoms with E-state index in [0.29, 0.717) is 26.0 Å². The second-order valence-corrected chi connectivity index (χ2v) is 9.96. The fourth-order valence-electron chi connectivity index (χ4n) is 4.29. The van der Waals surface area contributed by atoms with Crippen molar-refractivity contribution in [1.82, 2.24) is 4.90 Å². The molecule has 4 heteroatoms. The molecule has 0 aliphatic heterocycles. The first kappa shape index (κ1) is 31.1. The molecule has 1 unspecified atom stereocenters. The molecule has 1 rings (SSSR count). The molecule has 0 fully saturated rings. The summed E-state index contributed by atoms with van der Waals surface area (Å²) in [4.78, 5) is 14.1. The van der Waals surface area contributed by atoms with E-state index < -0.39 is 11.6 Å². The smallest absolute Gasteiger partial charge is 0.337 e. The third kappa shape index (κ3) is 15.6. The fraction of sp³-hybridized carbons (Fsp3) is 0.645. The first-order chi connectivity index (χ1) is 17.0. The van der Waals surface area contributed by atoms with Crippen LogP contribution in [0.4, 0.5) is 0 Å². The third-order valence-electron chi connectivity index (χ3n) is 6.35. The maximum Gasteiger partial charge on any atom is 0.337 e. The van der Waals surface area contributed by atoms with Gasteiger partial charge in [-0.1, -0.05) is 100 Å². The van der Waals surface area contributed by atoms with Gasteiger partial charge in [-0.25, -0.2) is 4.79 Å². The van der Waals surface area contributed by atoms with Crippen LogP contribution < -0.4 is 0 Å². The van der Waals surface area contributed by atoms with E-state index in [9.17, 15) is 9.90 Å². The highest BCUT2D eigenvalue weighted by molar-refractivity contribution is 5.78. The third-order valence-corrected chi connectivity index (χ3v) is 6.35. The first-order valence-corrected chi connectivity index (χ1v) is 13.9. The number of carbonyl (C=O) groups is 1. The zero-order valence-corrected chi connectivity index (χ0v) is 22.7. The zero-order valence-electron chi connectivity index (χ0n) is 22.7. The number of ether oxygens (including phenoxy) is 1. The Bertz CT molecular complexity index is 698. The summed E-state index contributed by atoms with van der Waals surface area (Å²) in [6, 6.07) is 10.1. The Kier molecular flexibility index (Phi) is 18.0. The summed E-state index contributed by atoms with van der Waals surface area (Å²) in [5.41, 5.74) is -0.00897. The lowest BCUT2D eigenvalue weighted by Crippen LogP contribution is -2.50. The number of rotatable bonds is 22. The normalized spacial score (nSPS) is 13.7. The Balaban J connectivity index is 2.19. The van der Waals surface area contributed by atoms with Gasteiger partial charge in [0.25, 0.3) is 0 Å². The van der Waals surface area contributed by atoms with Crippen molar-refractivity contribution in [3.8, 4) is 0 Å². The Labute approximate surface area is 215 Å². The van der Waals surface area contributed by atoms with E-state index in [-0.39, 0.29) is 0 Å². The lowest BCUT2D eigenvalue weighted by Gasteiger charge is -2.32. The van der Waals surface area contributed by atoms with E-state index in [1.165, 1.54) is 57.8 Å². The molecule has 0 aliphatic carbocycles. The largest absolute Gasteiger partial charge is 0.479 e. The Morgan fingerprint density at radius 2 is 1.49 bits per heavy atom. The van der Waals surface area contributed by atoms with E-state index in [2.05, 4.69) is 31.2 Å². The number of hydrogen-bond donors (Lipinski definition) is 1. The molecule has 0 bridgehead atoms. The van der Waals surface area contributed by atoms with Gasteiger partial charge < -0.3 is 14.7 Å². The average molecular weight is 486 g/mol. The number of carboxylic acid groups (broad SMARTS) is 1. The molecular weight excluding hydrogens is 434 g/mol. The molecule has 4 nitrogen and oxygen atoms in total. The molecular formula is C31H51NO3. The minimum atomic E-state index is -1.16. The number of hydrogen-bond acceptors (Lipinski definition) is 3. The number of aryl methyl sites for hydroxylation is 1. The summed E-state index contributed by atoms with van der Waals surface area (Å²) in [6.45, 7) is 3.13. The molecule has 0 spiro atoms. The number of carboxylic acids is 1. The Hall–Kier alpha value is -1.91. The van der Waals surface area contributed by atoms with Gasteiger partial charge in [0.2, 0.25) is 0 Å². The topological polar surface area (TPSA) is 49.8 Å². The van der Waals surface area contributed by atoms with Crippen LogP contribution in [0.1, 0.15) is 96.0 Å². The molecule has 0 aliphatic rings. The van der Waals surface area contributed by atoms with Crippen molar-refractivity contribution in [2.45, 2.75) is 102 Å². The van der Waals surface area contributed by atoms with E-state index in [1.54, 1.807) is 0 Å². The lowest BCUT2D eigenvalue weighted by atomic mass is 9.94. The molecule has 0 saturated heterocycles. The molecule has 1 N–H and O–H groups in total. The van der Waals surface area contributed by atoms with Gasteiger partial charge >= 0.3 is 5.97 Å². The van der Waals surface area contributed by atoms with Crippen molar-refractivity contribution in [2.24, 2.45) is 0 Å². The second-order valence-electron chi connectivity index (χ2n) is 9.96. The minimum absolute atomic E-state index is 0.386. The Morgan fingerprint density at radius 1 is 0.886 bits per heavy atom. The highest BCUT2D eigenvalue weighted by Gasteiger charge is 2.39. The average Bonchev–Trinajstić information content (AvgIpc) is 2.84. The van der Waals surface area contributed by atoms with Gasteiger partial charge in [0, 0.05) is 13.2 Å². The van der Waals surface area contributed by atoms with Gasteiger partial charge in [-0.05, 0) is 71.0 Å². The van der Waals surface area contributed by atoms with Crippen molar-refractivity contribution in [3.05, 3.63) is 60.2 Å². The van der Waals surface area contributed by atoms with Gasteiger partial charge in [-0.3, -0.25) is 0 Å². The summed E-state index contributed by atoms with van der Waals surface area (Å²) in [7, 11) is 3.81. The SMILES string of the molecule is CCCCC/C=C\C/C=C\CCCCCCCCOC(CCc1ccccc1)(CN(C)C)C(=O)O. The van der Waals surface area contributed by atoms with Gasteiger partial charge in [-0.15, -0.1) is 0 Å². The summed E-state index contributed by atoms with van der Waals surface area (Å²) >= 11 is 0. The Morgan fingerprint density at radius 3 is 2.09 bits per heavy atom. The van der Waals surface area contributed by atoms with Crippen LogP contribution >= 0.6 is 0 Å². The maximum absolute atomic E-state index is 12.2. The molecule has 1 aromatic rings. The summed E-state index contributed by atoms with van der Waals surface area (Å²) in [5, 5.41) is 10.0.